The fourth-order valence-corrected chi connectivity index (χ4v) is 3.62. The second kappa shape index (κ2) is 11.5. The highest BCUT2D eigenvalue weighted by Crippen LogP contribution is 2.23. The molecule has 3 aromatic rings. The van der Waals surface area contributed by atoms with Crippen molar-refractivity contribution in [3.05, 3.63) is 77.8 Å². The van der Waals surface area contributed by atoms with Gasteiger partial charge in [0.05, 0.1) is 24.0 Å². The van der Waals surface area contributed by atoms with Crippen LogP contribution in [0.4, 0.5) is 0 Å². The zero-order valence-electron chi connectivity index (χ0n) is 20.6. The summed E-state index contributed by atoms with van der Waals surface area (Å²) in [6, 6.07) is 14.7. The highest BCUT2D eigenvalue weighted by molar-refractivity contribution is 5.94. The minimum atomic E-state index is -0.372. The van der Waals surface area contributed by atoms with E-state index in [0.29, 0.717) is 23.4 Å². The molecule has 8 nitrogen and oxygen atoms in total. The van der Waals surface area contributed by atoms with E-state index in [4.69, 9.17) is 4.74 Å². The summed E-state index contributed by atoms with van der Waals surface area (Å²) in [5, 5.41) is 20.6. The Morgan fingerprint density at radius 1 is 1.29 bits per heavy atom. The summed E-state index contributed by atoms with van der Waals surface area (Å²) in [7, 11) is 1.94. The van der Waals surface area contributed by atoms with Gasteiger partial charge in [0.15, 0.2) is 0 Å². The lowest BCUT2D eigenvalue weighted by Crippen LogP contribution is -2.43. The number of hydrogen-bond donors (Lipinski definition) is 2. The Morgan fingerprint density at radius 3 is 2.57 bits per heavy atom. The van der Waals surface area contributed by atoms with Crippen LogP contribution in [0.25, 0.3) is 16.8 Å². The SMILES string of the molecule is C=C(C)c1nc(-c2ccc(CN(CCO)NC(=O)c3ccc(OC(C)C)c(C#N)c3)cc2)cn1C. The number of hydrazine groups is 1. The normalized spacial score (nSPS) is 10.9. The van der Waals surface area contributed by atoms with Crippen molar-refractivity contribution in [2.45, 2.75) is 33.4 Å². The first-order valence-corrected chi connectivity index (χ1v) is 11.4. The number of allylic oxidation sites excluding steroid dienone is 1. The summed E-state index contributed by atoms with van der Waals surface area (Å²) in [6.45, 7) is 10.1. The number of amides is 1. The van der Waals surface area contributed by atoms with E-state index in [1.807, 2.05) is 62.8 Å². The number of benzene rings is 2. The number of rotatable bonds is 10. The van der Waals surface area contributed by atoms with E-state index in [9.17, 15) is 15.2 Å². The van der Waals surface area contributed by atoms with E-state index in [-0.39, 0.29) is 25.2 Å². The number of nitrogens with one attached hydrogen (secondary N) is 1. The first kappa shape index (κ1) is 25.7. The third kappa shape index (κ3) is 6.57. The van der Waals surface area contributed by atoms with Crippen LogP contribution in [-0.2, 0) is 13.6 Å². The zero-order valence-corrected chi connectivity index (χ0v) is 20.6. The molecule has 2 N–H and O–H groups in total. The molecule has 2 aromatic carbocycles. The molecule has 0 saturated heterocycles. The average molecular weight is 474 g/mol. The molecule has 0 aliphatic heterocycles. The summed E-state index contributed by atoms with van der Waals surface area (Å²) in [5.74, 6) is 0.905. The Morgan fingerprint density at radius 2 is 2.00 bits per heavy atom. The number of hydrogen-bond acceptors (Lipinski definition) is 6. The van der Waals surface area contributed by atoms with Crippen molar-refractivity contribution in [2.75, 3.05) is 13.2 Å². The van der Waals surface area contributed by atoms with Gasteiger partial charge in [-0.05, 0) is 50.1 Å². The minimum Gasteiger partial charge on any atom is -0.490 e. The average Bonchev–Trinajstić information content (AvgIpc) is 3.21. The number of aliphatic hydroxyl groups excluding tert-OH is 1. The fraction of sp³-hybridized carbons (Fsp3) is 0.296. The molecule has 0 bridgehead atoms. The highest BCUT2D eigenvalue weighted by atomic mass is 16.5. The lowest BCUT2D eigenvalue weighted by atomic mass is 10.1. The third-order valence-electron chi connectivity index (χ3n) is 5.24. The van der Waals surface area contributed by atoms with Crippen LogP contribution in [0.15, 0.2) is 55.2 Å². The maximum Gasteiger partial charge on any atom is 0.265 e. The second-order valence-corrected chi connectivity index (χ2v) is 8.61. The molecular weight excluding hydrogens is 442 g/mol. The number of imidazole rings is 1. The molecule has 1 heterocycles. The molecule has 35 heavy (non-hydrogen) atoms. The topological polar surface area (TPSA) is 103 Å². The predicted molar refractivity (Wildman–Crippen MR) is 135 cm³/mol. The minimum absolute atomic E-state index is 0.0842. The maximum absolute atomic E-state index is 12.8. The monoisotopic (exact) mass is 473 g/mol. The first-order chi connectivity index (χ1) is 16.7. The molecule has 182 valence electrons. The van der Waals surface area contributed by atoms with Crippen LogP contribution < -0.4 is 10.2 Å². The standard InChI is InChI=1S/C27H31N5O3/c1-18(2)26-29-24(17-31(26)5)21-8-6-20(7-9-21)16-32(12-13-33)30-27(34)22-10-11-25(35-19(3)4)23(14-22)15-28/h6-11,14,17,19,33H,1,12-13,16H2,2-5H3,(H,30,34). The van der Waals surface area contributed by atoms with E-state index in [0.717, 1.165) is 28.2 Å². The molecule has 0 atom stereocenters. The highest BCUT2D eigenvalue weighted by Gasteiger charge is 2.15. The van der Waals surface area contributed by atoms with Crippen LogP contribution in [0, 0.1) is 11.3 Å². The van der Waals surface area contributed by atoms with Crippen molar-refractivity contribution < 1.29 is 14.6 Å². The molecule has 0 saturated carbocycles. The smallest absolute Gasteiger partial charge is 0.265 e. The Balaban J connectivity index is 1.71. The molecule has 0 aliphatic rings. The van der Waals surface area contributed by atoms with Crippen LogP contribution in [0.2, 0.25) is 0 Å². The van der Waals surface area contributed by atoms with Gasteiger partial charge in [-0.3, -0.25) is 10.2 Å². The van der Waals surface area contributed by atoms with Crippen LogP contribution in [0.5, 0.6) is 5.75 Å². The van der Waals surface area contributed by atoms with Crippen molar-refractivity contribution in [2.24, 2.45) is 7.05 Å². The Hall–Kier alpha value is -3.93. The van der Waals surface area contributed by atoms with Gasteiger partial charge in [-0.15, -0.1) is 0 Å². The van der Waals surface area contributed by atoms with Gasteiger partial charge >= 0.3 is 0 Å². The van der Waals surface area contributed by atoms with Gasteiger partial charge in [-0.25, -0.2) is 9.99 Å². The van der Waals surface area contributed by atoms with Gasteiger partial charge < -0.3 is 14.4 Å². The zero-order chi connectivity index (χ0) is 25.5. The molecule has 1 amide bonds. The van der Waals surface area contributed by atoms with E-state index in [1.54, 1.807) is 17.1 Å². The van der Waals surface area contributed by atoms with Crippen molar-refractivity contribution in [1.82, 2.24) is 20.0 Å². The lowest BCUT2D eigenvalue weighted by Gasteiger charge is -2.22. The van der Waals surface area contributed by atoms with E-state index >= 15 is 0 Å². The molecule has 0 unspecified atom stereocenters. The summed E-state index contributed by atoms with van der Waals surface area (Å²) < 4.78 is 7.57. The Labute approximate surface area is 206 Å². The number of aryl methyl sites for hydroxylation is 1. The molecule has 0 radical (unpaired) electrons. The Kier molecular flexibility index (Phi) is 8.42. The van der Waals surface area contributed by atoms with Crippen molar-refractivity contribution in [1.29, 1.82) is 5.26 Å². The van der Waals surface area contributed by atoms with Crippen molar-refractivity contribution >= 4 is 11.5 Å². The molecule has 3 rings (SSSR count). The predicted octanol–water partition coefficient (Wildman–Crippen LogP) is 3.92. The number of nitriles is 1. The van der Waals surface area contributed by atoms with Crippen molar-refractivity contribution in [3.8, 4) is 23.1 Å². The van der Waals surface area contributed by atoms with Crippen LogP contribution in [-0.4, -0.2) is 44.8 Å². The van der Waals surface area contributed by atoms with Crippen LogP contribution >= 0.6 is 0 Å². The van der Waals surface area contributed by atoms with Gasteiger partial charge in [-0.2, -0.15) is 5.26 Å². The maximum atomic E-state index is 12.8. The van der Waals surface area contributed by atoms with Crippen molar-refractivity contribution in [3.63, 3.8) is 0 Å². The lowest BCUT2D eigenvalue weighted by molar-refractivity contribution is 0.0732. The number of aromatic nitrogens is 2. The molecule has 0 fully saturated rings. The number of aliphatic hydroxyl groups is 1. The quantitative estimate of drug-likeness (QED) is 0.433. The second-order valence-electron chi connectivity index (χ2n) is 8.61. The van der Waals surface area contributed by atoms with Gasteiger partial charge in [-0.1, -0.05) is 30.8 Å². The number of carbonyl (C=O) groups is 1. The molecule has 8 heteroatoms. The van der Waals surface area contributed by atoms with Gasteiger partial charge in [0.25, 0.3) is 5.91 Å². The molecule has 0 aliphatic carbocycles. The van der Waals surface area contributed by atoms with E-state index in [2.05, 4.69) is 23.1 Å². The number of carbonyl (C=O) groups excluding carboxylic acids is 1. The molecule has 0 spiro atoms. The van der Waals surface area contributed by atoms with Gasteiger partial charge in [0.2, 0.25) is 0 Å². The summed E-state index contributed by atoms with van der Waals surface area (Å²) >= 11 is 0. The number of ether oxygens (including phenoxy) is 1. The largest absolute Gasteiger partial charge is 0.490 e. The summed E-state index contributed by atoms with van der Waals surface area (Å²) in [4.78, 5) is 17.5. The fourth-order valence-electron chi connectivity index (χ4n) is 3.62. The van der Waals surface area contributed by atoms with Crippen LogP contribution in [0.1, 0.15) is 48.1 Å². The van der Waals surface area contributed by atoms with E-state index < -0.39 is 0 Å². The summed E-state index contributed by atoms with van der Waals surface area (Å²) in [5.41, 5.74) is 7.13. The third-order valence-corrected chi connectivity index (χ3v) is 5.24. The number of nitrogens with zero attached hydrogens (tertiary/aromatic N) is 4. The first-order valence-electron chi connectivity index (χ1n) is 11.4. The van der Waals surface area contributed by atoms with E-state index in [1.165, 1.54) is 6.07 Å². The molecule has 1 aromatic heterocycles. The Bertz CT molecular complexity index is 1240. The van der Waals surface area contributed by atoms with Crippen LogP contribution in [0.3, 0.4) is 0 Å². The van der Waals surface area contributed by atoms with Gasteiger partial charge in [0.1, 0.15) is 17.6 Å². The summed E-state index contributed by atoms with van der Waals surface area (Å²) in [6.07, 6.45) is 1.88. The molecular formula is C27H31N5O3. The van der Waals surface area contributed by atoms with Gasteiger partial charge in [0, 0.05) is 37.5 Å².